The van der Waals surface area contributed by atoms with Gasteiger partial charge in [0, 0.05) is 31.9 Å². The number of hydrogen-bond acceptors (Lipinski definition) is 8. The summed E-state index contributed by atoms with van der Waals surface area (Å²) in [7, 11) is 0. The van der Waals surface area contributed by atoms with E-state index in [1.54, 1.807) is 4.52 Å². The highest BCUT2D eigenvalue weighted by Crippen LogP contribution is 2.27. The molecule has 0 radical (unpaired) electrons. The highest BCUT2D eigenvalue weighted by molar-refractivity contribution is 5.86. The number of anilines is 1. The van der Waals surface area contributed by atoms with Crippen LogP contribution in [0, 0.1) is 6.92 Å². The van der Waals surface area contributed by atoms with E-state index < -0.39 is 13.0 Å². The van der Waals surface area contributed by atoms with Gasteiger partial charge in [-0.2, -0.15) is 9.61 Å². The van der Waals surface area contributed by atoms with Crippen LogP contribution in [0.1, 0.15) is 11.5 Å². The molecule has 0 atom stereocenters. The van der Waals surface area contributed by atoms with E-state index in [0.29, 0.717) is 17.4 Å². The van der Waals surface area contributed by atoms with Crippen molar-refractivity contribution in [2.75, 3.05) is 37.7 Å². The van der Waals surface area contributed by atoms with Gasteiger partial charge in [-0.3, -0.25) is 4.90 Å². The molecule has 32 heavy (non-hydrogen) atoms. The fourth-order valence-corrected chi connectivity index (χ4v) is 3.86. The number of benzene rings is 1. The van der Waals surface area contributed by atoms with E-state index in [2.05, 4.69) is 35.1 Å². The molecule has 9 nitrogen and oxygen atoms in total. The molecule has 0 aliphatic carbocycles. The first-order valence-corrected chi connectivity index (χ1v) is 10.4. The van der Waals surface area contributed by atoms with E-state index in [-0.39, 0.29) is 5.88 Å². The molecule has 5 rings (SSSR count). The van der Waals surface area contributed by atoms with Gasteiger partial charge in [-0.1, -0.05) is 0 Å². The first-order valence-electron chi connectivity index (χ1n) is 10.4. The van der Waals surface area contributed by atoms with Crippen molar-refractivity contribution in [1.29, 1.82) is 0 Å². The van der Waals surface area contributed by atoms with Gasteiger partial charge in [0.05, 0.1) is 23.1 Å². The molecule has 1 aliphatic heterocycles. The lowest BCUT2D eigenvalue weighted by atomic mass is 10.2. The van der Waals surface area contributed by atoms with Crippen molar-refractivity contribution in [2.24, 2.45) is 0 Å². The van der Waals surface area contributed by atoms with Gasteiger partial charge >= 0.3 is 0 Å². The summed E-state index contributed by atoms with van der Waals surface area (Å²) in [6, 6.07) is 9.60. The number of aryl methyl sites for hydroxylation is 1. The summed E-state index contributed by atoms with van der Waals surface area (Å²) in [6.07, 6.45) is -1.23. The second-order valence-electron chi connectivity index (χ2n) is 7.71. The molecule has 0 unspecified atom stereocenters. The Balaban J connectivity index is 1.28. The molecular formula is C21H22F2N8O. The first-order chi connectivity index (χ1) is 15.6. The average molecular weight is 440 g/mol. The smallest absolute Gasteiger partial charge is 0.272 e. The van der Waals surface area contributed by atoms with Gasteiger partial charge in [0.15, 0.2) is 18.1 Å². The van der Waals surface area contributed by atoms with Gasteiger partial charge in [-0.25, -0.2) is 18.7 Å². The first kappa shape index (κ1) is 20.4. The standard InChI is InChI=1S/C21H22F2N8O/c1-14-2-5-19-26-27-20(31(19)28-14)11-29-6-8-30(9-7-29)15-3-4-17-16(10-15)21(25-13-24-17)32-12-18(22)23/h2-5,10,13,18H,6-9,11-12H2,1H3. The van der Waals surface area contributed by atoms with Crippen molar-refractivity contribution in [3.8, 4) is 5.88 Å². The molecule has 4 aromatic rings. The molecule has 1 aromatic carbocycles. The quantitative estimate of drug-likeness (QED) is 0.452. The minimum absolute atomic E-state index is 0.178. The highest BCUT2D eigenvalue weighted by atomic mass is 19.3. The maximum absolute atomic E-state index is 12.6. The van der Waals surface area contributed by atoms with E-state index in [1.165, 1.54) is 6.33 Å². The lowest BCUT2D eigenvalue weighted by Gasteiger charge is -2.35. The summed E-state index contributed by atoms with van der Waals surface area (Å²) < 4.78 is 32.1. The zero-order chi connectivity index (χ0) is 22.1. The van der Waals surface area contributed by atoms with Crippen molar-refractivity contribution in [2.45, 2.75) is 19.9 Å². The van der Waals surface area contributed by atoms with Crippen molar-refractivity contribution in [3.63, 3.8) is 0 Å². The van der Waals surface area contributed by atoms with Crippen LogP contribution < -0.4 is 9.64 Å². The lowest BCUT2D eigenvalue weighted by molar-refractivity contribution is 0.0804. The molecule has 1 aliphatic rings. The van der Waals surface area contributed by atoms with Crippen LogP contribution in [0.2, 0.25) is 0 Å². The van der Waals surface area contributed by atoms with E-state index in [1.807, 2.05) is 37.3 Å². The Kier molecular flexibility index (Phi) is 5.48. The van der Waals surface area contributed by atoms with E-state index in [9.17, 15) is 8.78 Å². The van der Waals surface area contributed by atoms with Crippen LogP contribution >= 0.6 is 0 Å². The predicted octanol–water partition coefficient (Wildman–Crippen LogP) is 2.34. The number of halogens is 2. The Labute approximate surface area is 182 Å². The fraction of sp³-hybridized carbons (Fsp3) is 0.381. The minimum Gasteiger partial charge on any atom is -0.471 e. The fourth-order valence-electron chi connectivity index (χ4n) is 3.86. The van der Waals surface area contributed by atoms with Crippen LogP contribution in [-0.2, 0) is 6.54 Å². The molecule has 166 valence electrons. The zero-order valence-electron chi connectivity index (χ0n) is 17.5. The topological polar surface area (TPSA) is 84.6 Å². The van der Waals surface area contributed by atoms with Gasteiger partial charge in [0.25, 0.3) is 6.43 Å². The molecule has 4 heterocycles. The SMILES string of the molecule is Cc1ccc2nnc(CN3CCN(c4ccc5ncnc(OCC(F)F)c5c4)CC3)n2n1. The summed E-state index contributed by atoms with van der Waals surface area (Å²) in [6.45, 7) is 5.24. The monoisotopic (exact) mass is 440 g/mol. The Hall–Kier alpha value is -3.47. The minimum atomic E-state index is -2.56. The van der Waals surface area contributed by atoms with E-state index in [0.717, 1.165) is 49.0 Å². The number of ether oxygens (including phenoxy) is 1. The van der Waals surface area contributed by atoms with Crippen molar-refractivity contribution < 1.29 is 13.5 Å². The lowest BCUT2D eigenvalue weighted by Crippen LogP contribution is -2.46. The van der Waals surface area contributed by atoms with Crippen molar-refractivity contribution in [1.82, 2.24) is 34.7 Å². The molecule has 0 N–H and O–H groups in total. The third-order valence-electron chi connectivity index (χ3n) is 5.49. The summed E-state index contributed by atoms with van der Waals surface area (Å²) in [4.78, 5) is 12.8. The summed E-state index contributed by atoms with van der Waals surface area (Å²) in [5, 5.41) is 13.6. The van der Waals surface area contributed by atoms with Crippen LogP contribution in [-0.4, -0.2) is 73.9 Å². The number of aromatic nitrogens is 6. The molecule has 11 heteroatoms. The summed E-state index contributed by atoms with van der Waals surface area (Å²) in [5.41, 5.74) is 3.31. The molecule has 0 amide bonds. The van der Waals surface area contributed by atoms with Gasteiger partial charge in [0.2, 0.25) is 5.88 Å². The third-order valence-corrected chi connectivity index (χ3v) is 5.49. The zero-order valence-corrected chi connectivity index (χ0v) is 17.5. The highest BCUT2D eigenvalue weighted by Gasteiger charge is 2.20. The number of fused-ring (bicyclic) bond motifs is 2. The van der Waals surface area contributed by atoms with Crippen molar-refractivity contribution in [3.05, 3.63) is 48.2 Å². The molecule has 0 bridgehead atoms. The summed E-state index contributed by atoms with van der Waals surface area (Å²) in [5.74, 6) is 0.998. The van der Waals surface area contributed by atoms with Crippen LogP contribution in [0.15, 0.2) is 36.7 Å². The van der Waals surface area contributed by atoms with Crippen LogP contribution in [0.5, 0.6) is 5.88 Å². The maximum Gasteiger partial charge on any atom is 0.272 e. The van der Waals surface area contributed by atoms with E-state index >= 15 is 0 Å². The molecule has 1 fully saturated rings. The second kappa shape index (κ2) is 8.58. The van der Waals surface area contributed by atoms with Crippen LogP contribution in [0.25, 0.3) is 16.6 Å². The van der Waals surface area contributed by atoms with Gasteiger partial charge in [-0.15, -0.1) is 10.2 Å². The Morgan fingerprint density at radius 1 is 1.03 bits per heavy atom. The summed E-state index contributed by atoms with van der Waals surface area (Å²) >= 11 is 0. The van der Waals surface area contributed by atoms with Crippen LogP contribution in [0.4, 0.5) is 14.5 Å². The van der Waals surface area contributed by atoms with Gasteiger partial charge in [-0.05, 0) is 37.3 Å². The normalized spacial score (nSPS) is 15.2. The molecule has 1 saturated heterocycles. The molecule has 3 aromatic heterocycles. The number of rotatable bonds is 6. The molecule has 0 saturated carbocycles. The van der Waals surface area contributed by atoms with Gasteiger partial charge < -0.3 is 9.64 Å². The molecule has 0 spiro atoms. The van der Waals surface area contributed by atoms with Crippen molar-refractivity contribution >= 4 is 22.2 Å². The largest absolute Gasteiger partial charge is 0.471 e. The second-order valence-corrected chi connectivity index (χ2v) is 7.71. The number of alkyl halides is 2. The number of nitrogens with zero attached hydrogens (tertiary/aromatic N) is 8. The third kappa shape index (κ3) is 4.15. The Bertz CT molecular complexity index is 1240. The Morgan fingerprint density at radius 3 is 2.69 bits per heavy atom. The average Bonchev–Trinajstić information content (AvgIpc) is 3.19. The van der Waals surface area contributed by atoms with Crippen LogP contribution in [0.3, 0.4) is 0 Å². The Morgan fingerprint density at radius 2 is 1.88 bits per heavy atom. The predicted molar refractivity (Wildman–Crippen MR) is 114 cm³/mol. The number of hydrogen-bond donors (Lipinski definition) is 0. The maximum atomic E-state index is 12.6. The van der Waals surface area contributed by atoms with E-state index in [4.69, 9.17) is 4.74 Å². The molecular weight excluding hydrogens is 418 g/mol. The number of piperazine rings is 1. The van der Waals surface area contributed by atoms with Gasteiger partial charge in [0.1, 0.15) is 6.33 Å².